The summed E-state index contributed by atoms with van der Waals surface area (Å²) in [7, 11) is 1.64. The molecule has 2 aromatic carbocycles. The van der Waals surface area contributed by atoms with Crippen molar-refractivity contribution in [3.8, 4) is 0 Å². The van der Waals surface area contributed by atoms with Gasteiger partial charge in [-0.05, 0) is 53.4 Å². The summed E-state index contributed by atoms with van der Waals surface area (Å²) in [6.45, 7) is 13.3. The number of rotatable bonds is 5. The third kappa shape index (κ3) is 3.80. The molecule has 0 N–H and O–H groups in total. The number of carbonyl (C=O) groups is 1. The van der Waals surface area contributed by atoms with Crippen LogP contribution in [-0.2, 0) is 15.6 Å². The Bertz CT molecular complexity index is 859. The van der Waals surface area contributed by atoms with Crippen molar-refractivity contribution in [2.45, 2.75) is 77.2 Å². The molecule has 150 valence electrons. The van der Waals surface area contributed by atoms with Gasteiger partial charge in [-0.25, -0.2) is 0 Å². The molecule has 0 radical (unpaired) electrons. The Kier molecular flexibility index (Phi) is 5.55. The van der Waals surface area contributed by atoms with Crippen LogP contribution in [0.25, 0.3) is 0 Å². The van der Waals surface area contributed by atoms with Crippen molar-refractivity contribution in [1.29, 1.82) is 0 Å². The second-order valence-corrected chi connectivity index (χ2v) is 9.75. The lowest BCUT2D eigenvalue weighted by Crippen LogP contribution is -2.35. The summed E-state index contributed by atoms with van der Waals surface area (Å²) in [5.74, 6) is 0.0659. The van der Waals surface area contributed by atoms with E-state index in [1.54, 1.807) is 7.11 Å². The van der Waals surface area contributed by atoms with Crippen LogP contribution in [0.4, 0.5) is 0 Å². The van der Waals surface area contributed by atoms with E-state index in [9.17, 15) is 4.79 Å². The van der Waals surface area contributed by atoms with E-state index in [-0.39, 0.29) is 22.5 Å². The molecule has 0 aliphatic heterocycles. The van der Waals surface area contributed by atoms with E-state index >= 15 is 0 Å². The average Bonchev–Trinajstić information content (AvgIpc) is 2.66. The lowest BCUT2D eigenvalue weighted by Gasteiger charge is -2.42. The van der Waals surface area contributed by atoms with Crippen LogP contribution in [-0.4, -0.2) is 19.0 Å². The summed E-state index contributed by atoms with van der Waals surface area (Å²) in [6.07, 6.45) is 1.82. The molecule has 0 amide bonds. The highest BCUT2D eigenvalue weighted by atomic mass is 16.5. The fraction of sp³-hybridized carbons (Fsp3) is 0.500. The van der Waals surface area contributed by atoms with Crippen LogP contribution in [0, 0.1) is 6.92 Å². The van der Waals surface area contributed by atoms with Gasteiger partial charge in [0.05, 0.1) is 0 Å². The van der Waals surface area contributed by atoms with Gasteiger partial charge in [0.15, 0.2) is 5.78 Å². The first-order valence-electron chi connectivity index (χ1n) is 10.4. The number of benzene rings is 2. The zero-order chi connectivity index (χ0) is 20.7. The molecule has 0 saturated heterocycles. The first-order valence-corrected chi connectivity index (χ1v) is 10.4. The van der Waals surface area contributed by atoms with Crippen LogP contribution in [0.15, 0.2) is 42.5 Å². The number of carbonyl (C=O) groups excluding carboxylic acids is 1. The largest absolute Gasteiger partial charge is 0.373 e. The lowest BCUT2D eigenvalue weighted by atomic mass is 9.63. The van der Waals surface area contributed by atoms with Crippen LogP contribution < -0.4 is 0 Å². The predicted molar refractivity (Wildman–Crippen MR) is 116 cm³/mol. The van der Waals surface area contributed by atoms with Gasteiger partial charge in [-0.2, -0.15) is 0 Å². The van der Waals surface area contributed by atoms with E-state index in [0.29, 0.717) is 0 Å². The molecular formula is C26H34O2. The zero-order valence-electron chi connectivity index (χ0n) is 18.4. The van der Waals surface area contributed by atoms with Crippen molar-refractivity contribution in [2.75, 3.05) is 7.11 Å². The maximum atomic E-state index is 13.4. The maximum Gasteiger partial charge on any atom is 0.192 e. The van der Waals surface area contributed by atoms with Crippen molar-refractivity contribution in [3.63, 3.8) is 0 Å². The van der Waals surface area contributed by atoms with Crippen LogP contribution in [0.2, 0.25) is 0 Å². The minimum Gasteiger partial charge on any atom is -0.373 e. The highest BCUT2D eigenvalue weighted by Gasteiger charge is 2.38. The molecule has 1 aliphatic rings. The van der Waals surface area contributed by atoms with Crippen molar-refractivity contribution in [3.05, 3.63) is 70.3 Å². The second kappa shape index (κ2) is 7.48. The average molecular weight is 379 g/mol. The molecular weight excluding hydrogens is 344 g/mol. The first kappa shape index (κ1) is 20.8. The number of methoxy groups -OCH3 is 1. The molecule has 0 spiro atoms. The Labute approximate surface area is 170 Å². The predicted octanol–water partition coefficient (Wildman–Crippen LogP) is 6.35. The molecule has 2 nitrogen and oxygen atoms in total. The minimum absolute atomic E-state index is 0.00131. The molecule has 0 saturated carbocycles. The maximum absolute atomic E-state index is 13.4. The number of Topliss-reactive ketones (excluding diaryl/α,β-unsaturated/α-hetero) is 1. The van der Waals surface area contributed by atoms with E-state index in [1.165, 1.54) is 23.1 Å². The van der Waals surface area contributed by atoms with Gasteiger partial charge in [-0.15, -0.1) is 0 Å². The number of fused-ring (bicyclic) bond motifs is 1. The van der Waals surface area contributed by atoms with Crippen LogP contribution in [0.5, 0.6) is 0 Å². The summed E-state index contributed by atoms with van der Waals surface area (Å²) in [6, 6.07) is 14.7. The molecule has 0 heterocycles. The summed E-state index contributed by atoms with van der Waals surface area (Å²) >= 11 is 0. The fourth-order valence-corrected chi connectivity index (χ4v) is 4.49. The molecule has 2 aromatic rings. The third-order valence-corrected chi connectivity index (χ3v) is 6.71. The Morgan fingerprint density at radius 2 is 1.50 bits per heavy atom. The summed E-state index contributed by atoms with van der Waals surface area (Å²) in [5, 5.41) is 0. The van der Waals surface area contributed by atoms with Crippen LogP contribution in [0.1, 0.15) is 86.0 Å². The highest BCUT2D eigenvalue weighted by Crippen LogP contribution is 2.46. The second-order valence-electron chi connectivity index (χ2n) is 9.75. The third-order valence-electron chi connectivity index (χ3n) is 6.71. The van der Waals surface area contributed by atoms with Gasteiger partial charge in [0, 0.05) is 18.6 Å². The number of ketones is 1. The molecule has 2 atom stereocenters. The van der Waals surface area contributed by atoms with Crippen molar-refractivity contribution < 1.29 is 9.53 Å². The normalized spacial score (nSPS) is 19.5. The number of hydrogen-bond donors (Lipinski definition) is 0. The molecule has 2 heteroatoms. The number of hydrogen-bond acceptors (Lipinski definition) is 2. The minimum atomic E-state index is -0.486. The van der Waals surface area contributed by atoms with Gasteiger partial charge >= 0.3 is 0 Å². The van der Waals surface area contributed by atoms with E-state index < -0.39 is 6.10 Å². The Morgan fingerprint density at radius 1 is 0.929 bits per heavy atom. The van der Waals surface area contributed by atoms with Crippen LogP contribution in [0.3, 0.4) is 0 Å². The Balaban J connectivity index is 1.96. The first-order chi connectivity index (χ1) is 13.1. The summed E-state index contributed by atoms with van der Waals surface area (Å²) in [5.41, 5.74) is 6.04. The van der Waals surface area contributed by atoms with E-state index in [2.05, 4.69) is 77.9 Å². The molecule has 0 bridgehead atoms. The fourth-order valence-electron chi connectivity index (χ4n) is 4.49. The molecule has 28 heavy (non-hydrogen) atoms. The molecule has 1 aliphatic carbocycles. The molecule has 0 fully saturated rings. The standard InChI is InChI=1S/C26H34O2/c1-17-8-10-19(11-9-17)18(2)24(28-7)23(27)20-12-13-21-22(16-20)26(5,6)15-14-25(21,3)4/h8-13,16,18,24H,14-15H2,1-7H3. The van der Waals surface area contributed by atoms with E-state index in [0.717, 1.165) is 17.5 Å². The smallest absolute Gasteiger partial charge is 0.192 e. The SMILES string of the molecule is COC(C(=O)c1ccc2c(c1)C(C)(C)CCC2(C)C)C(C)c1ccc(C)cc1. The zero-order valence-corrected chi connectivity index (χ0v) is 18.4. The van der Waals surface area contributed by atoms with Crippen molar-refractivity contribution in [2.24, 2.45) is 0 Å². The molecule has 2 unspecified atom stereocenters. The van der Waals surface area contributed by atoms with Crippen LogP contribution >= 0.6 is 0 Å². The lowest BCUT2D eigenvalue weighted by molar-refractivity contribution is 0.0536. The van der Waals surface area contributed by atoms with Gasteiger partial charge in [0.25, 0.3) is 0 Å². The molecule has 3 rings (SSSR count). The van der Waals surface area contributed by atoms with Gasteiger partial charge in [-0.3, -0.25) is 4.79 Å². The monoisotopic (exact) mass is 378 g/mol. The van der Waals surface area contributed by atoms with E-state index in [4.69, 9.17) is 4.74 Å². The highest BCUT2D eigenvalue weighted by molar-refractivity contribution is 6.00. The van der Waals surface area contributed by atoms with Gasteiger partial charge in [0.2, 0.25) is 0 Å². The molecule has 0 aromatic heterocycles. The van der Waals surface area contributed by atoms with Gasteiger partial charge in [-0.1, -0.05) is 76.6 Å². The Morgan fingerprint density at radius 3 is 2.07 bits per heavy atom. The topological polar surface area (TPSA) is 26.3 Å². The number of aryl methyl sites for hydroxylation is 1. The summed E-state index contributed by atoms with van der Waals surface area (Å²) in [4.78, 5) is 13.4. The van der Waals surface area contributed by atoms with E-state index in [1.807, 2.05) is 6.07 Å². The van der Waals surface area contributed by atoms with Gasteiger partial charge < -0.3 is 4.74 Å². The quantitative estimate of drug-likeness (QED) is 0.567. The Hall–Kier alpha value is -1.93. The van der Waals surface area contributed by atoms with Crippen molar-refractivity contribution >= 4 is 5.78 Å². The van der Waals surface area contributed by atoms with Crippen molar-refractivity contribution in [1.82, 2.24) is 0 Å². The summed E-state index contributed by atoms with van der Waals surface area (Å²) < 4.78 is 5.70. The van der Waals surface area contributed by atoms with Gasteiger partial charge in [0.1, 0.15) is 6.10 Å². The number of ether oxygens (including phenoxy) is 1.